The minimum Gasteiger partial charge on any atom is -0.322 e. The summed E-state index contributed by atoms with van der Waals surface area (Å²) in [4.78, 5) is 14.2. The van der Waals surface area contributed by atoms with Crippen LogP contribution in [0.4, 0.5) is 14.9 Å². The van der Waals surface area contributed by atoms with Gasteiger partial charge in [0.15, 0.2) is 0 Å². The maximum Gasteiger partial charge on any atom is 0.321 e. The number of nitrogens with one attached hydrogen (secondary N) is 1. The van der Waals surface area contributed by atoms with E-state index >= 15 is 0 Å². The van der Waals surface area contributed by atoms with Gasteiger partial charge in [-0.2, -0.15) is 0 Å². The van der Waals surface area contributed by atoms with Crippen molar-refractivity contribution in [2.24, 2.45) is 0 Å². The van der Waals surface area contributed by atoms with Crippen molar-refractivity contribution in [2.75, 3.05) is 18.4 Å². The molecule has 1 saturated heterocycles. The fraction of sp³-hybridized carbons (Fsp3) is 0.471. The summed E-state index contributed by atoms with van der Waals surface area (Å²) < 4.78 is 15.8. The predicted molar refractivity (Wildman–Crippen MR) is 89.4 cm³/mol. The zero-order valence-electron chi connectivity index (χ0n) is 13.9. The van der Waals surface area contributed by atoms with Gasteiger partial charge in [0, 0.05) is 25.0 Å². The summed E-state index contributed by atoms with van der Waals surface area (Å²) >= 11 is 0. The number of halogens is 1. The number of piperidine rings is 1. The van der Waals surface area contributed by atoms with Crippen molar-refractivity contribution in [3.05, 3.63) is 42.0 Å². The van der Waals surface area contributed by atoms with E-state index < -0.39 is 0 Å². The Bertz CT molecular complexity index is 701. The molecule has 1 aliphatic heterocycles. The molecule has 1 atom stereocenters. The molecule has 24 heavy (non-hydrogen) atoms. The van der Waals surface area contributed by atoms with Gasteiger partial charge in [0.2, 0.25) is 0 Å². The molecule has 7 heteroatoms. The first-order chi connectivity index (χ1) is 11.5. The number of likely N-dealkylation sites (tertiary alicyclic amines) is 1. The lowest BCUT2D eigenvalue weighted by molar-refractivity contribution is 0.174. The average molecular weight is 331 g/mol. The Hall–Kier alpha value is -2.44. The highest BCUT2D eigenvalue weighted by Gasteiger charge is 2.25. The van der Waals surface area contributed by atoms with Gasteiger partial charge >= 0.3 is 6.03 Å². The first-order valence-electron chi connectivity index (χ1n) is 8.26. The predicted octanol–water partition coefficient (Wildman–Crippen LogP) is 3.41. The van der Waals surface area contributed by atoms with Crippen LogP contribution < -0.4 is 5.32 Å². The lowest BCUT2D eigenvalue weighted by Crippen LogP contribution is -2.43. The van der Waals surface area contributed by atoms with Crippen LogP contribution in [0.3, 0.4) is 0 Å². The Morgan fingerprint density at radius 1 is 1.42 bits per heavy atom. The number of hydrogen-bond donors (Lipinski definition) is 1. The Labute approximate surface area is 140 Å². The molecule has 1 fully saturated rings. The van der Waals surface area contributed by atoms with Crippen molar-refractivity contribution >= 4 is 11.7 Å². The number of anilines is 1. The molecule has 1 aromatic carbocycles. The Morgan fingerprint density at radius 3 is 2.92 bits per heavy atom. The minimum atomic E-state index is -0.290. The molecular weight excluding hydrogens is 309 g/mol. The third-order valence-corrected chi connectivity index (χ3v) is 4.37. The fourth-order valence-corrected chi connectivity index (χ4v) is 3.04. The fourth-order valence-electron chi connectivity index (χ4n) is 3.04. The number of urea groups is 1. The number of amides is 2. The average Bonchev–Trinajstić information content (AvgIpc) is 3.09. The van der Waals surface area contributed by atoms with Gasteiger partial charge < -0.3 is 10.2 Å². The van der Waals surface area contributed by atoms with E-state index in [1.165, 1.54) is 6.07 Å². The number of carbonyl (C=O) groups excluding carboxylic acids is 1. The summed E-state index contributed by atoms with van der Waals surface area (Å²) in [5, 5.41) is 10.6. The Morgan fingerprint density at radius 2 is 2.25 bits per heavy atom. The highest BCUT2D eigenvalue weighted by atomic mass is 19.1. The molecular formula is C17H22FN5O. The third kappa shape index (κ3) is 3.55. The summed E-state index contributed by atoms with van der Waals surface area (Å²) in [6.07, 6.45) is 5.31. The number of rotatable bonds is 3. The number of aromatic nitrogens is 3. The minimum absolute atomic E-state index is 0.111. The largest absolute Gasteiger partial charge is 0.322 e. The van der Waals surface area contributed by atoms with E-state index in [1.54, 1.807) is 27.9 Å². The maximum absolute atomic E-state index is 14.1. The third-order valence-electron chi connectivity index (χ3n) is 4.37. The smallest absolute Gasteiger partial charge is 0.321 e. The topological polar surface area (TPSA) is 63.1 Å². The number of carbonyl (C=O) groups is 1. The van der Waals surface area contributed by atoms with Crippen LogP contribution in [-0.2, 0) is 0 Å². The van der Waals surface area contributed by atoms with Crippen LogP contribution in [0.1, 0.15) is 44.2 Å². The molecule has 1 N–H and O–H groups in total. The van der Waals surface area contributed by atoms with E-state index in [9.17, 15) is 9.18 Å². The molecule has 0 radical (unpaired) electrons. The van der Waals surface area contributed by atoms with E-state index in [-0.39, 0.29) is 23.8 Å². The summed E-state index contributed by atoms with van der Waals surface area (Å²) in [6, 6.07) is 4.77. The van der Waals surface area contributed by atoms with Crippen LogP contribution in [-0.4, -0.2) is 39.0 Å². The second-order valence-corrected chi connectivity index (χ2v) is 6.45. The molecule has 1 aliphatic rings. The Balaban J connectivity index is 1.65. The van der Waals surface area contributed by atoms with Gasteiger partial charge in [-0.05, 0) is 36.5 Å². The van der Waals surface area contributed by atoms with Crippen LogP contribution >= 0.6 is 0 Å². The maximum atomic E-state index is 14.1. The molecule has 1 aromatic heterocycles. The van der Waals surface area contributed by atoms with Crippen LogP contribution in [0.25, 0.3) is 0 Å². The highest BCUT2D eigenvalue weighted by molar-refractivity contribution is 5.89. The summed E-state index contributed by atoms with van der Waals surface area (Å²) in [5.41, 5.74) is 1.13. The van der Waals surface area contributed by atoms with Crippen molar-refractivity contribution in [1.82, 2.24) is 19.9 Å². The van der Waals surface area contributed by atoms with Gasteiger partial charge in [-0.25, -0.2) is 13.9 Å². The van der Waals surface area contributed by atoms with Crippen LogP contribution in [0, 0.1) is 5.82 Å². The summed E-state index contributed by atoms with van der Waals surface area (Å²) in [6.45, 7) is 5.13. The van der Waals surface area contributed by atoms with E-state index in [1.807, 2.05) is 20.0 Å². The van der Waals surface area contributed by atoms with Crippen molar-refractivity contribution in [1.29, 1.82) is 0 Å². The Kier molecular flexibility index (Phi) is 4.78. The van der Waals surface area contributed by atoms with Gasteiger partial charge in [-0.15, -0.1) is 5.10 Å². The van der Waals surface area contributed by atoms with Crippen LogP contribution in [0.5, 0.6) is 0 Å². The molecule has 3 rings (SSSR count). The standard InChI is InChI=1S/C17H22FN5O/c1-12(2)15-6-5-13(10-16(15)18)20-17(24)22-8-3-4-14(11-22)23-9-7-19-21-23/h5-7,9-10,12,14H,3-4,8,11H2,1-2H3,(H,20,24)/t14-/m1/s1. The lowest BCUT2D eigenvalue weighted by atomic mass is 10.0. The second-order valence-electron chi connectivity index (χ2n) is 6.45. The number of hydrogen-bond acceptors (Lipinski definition) is 3. The van der Waals surface area contributed by atoms with E-state index in [0.29, 0.717) is 24.3 Å². The first-order valence-corrected chi connectivity index (χ1v) is 8.26. The van der Waals surface area contributed by atoms with Gasteiger partial charge in [-0.3, -0.25) is 0 Å². The highest BCUT2D eigenvalue weighted by Crippen LogP contribution is 2.23. The number of nitrogens with zero attached hydrogens (tertiary/aromatic N) is 4. The zero-order valence-corrected chi connectivity index (χ0v) is 13.9. The molecule has 0 aliphatic carbocycles. The first kappa shape index (κ1) is 16.4. The van der Waals surface area contributed by atoms with E-state index in [2.05, 4.69) is 15.6 Å². The quantitative estimate of drug-likeness (QED) is 0.937. The molecule has 2 amide bonds. The zero-order chi connectivity index (χ0) is 17.1. The van der Waals surface area contributed by atoms with Crippen molar-refractivity contribution in [2.45, 2.75) is 38.6 Å². The molecule has 0 bridgehead atoms. The molecule has 0 spiro atoms. The summed E-state index contributed by atoms with van der Waals surface area (Å²) in [7, 11) is 0. The lowest BCUT2D eigenvalue weighted by Gasteiger charge is -2.32. The van der Waals surface area contributed by atoms with Gasteiger partial charge in [0.1, 0.15) is 5.82 Å². The van der Waals surface area contributed by atoms with Crippen molar-refractivity contribution < 1.29 is 9.18 Å². The van der Waals surface area contributed by atoms with E-state index in [4.69, 9.17) is 0 Å². The van der Waals surface area contributed by atoms with Gasteiger partial charge in [-0.1, -0.05) is 25.1 Å². The van der Waals surface area contributed by atoms with E-state index in [0.717, 1.165) is 12.8 Å². The molecule has 2 aromatic rings. The number of benzene rings is 1. The summed E-state index contributed by atoms with van der Waals surface area (Å²) in [5.74, 6) is -0.178. The van der Waals surface area contributed by atoms with Crippen molar-refractivity contribution in [3.63, 3.8) is 0 Å². The second kappa shape index (κ2) is 6.98. The molecule has 2 heterocycles. The molecule has 0 unspecified atom stereocenters. The van der Waals surface area contributed by atoms with Gasteiger partial charge in [0.05, 0.1) is 12.2 Å². The van der Waals surface area contributed by atoms with Crippen molar-refractivity contribution in [3.8, 4) is 0 Å². The molecule has 0 saturated carbocycles. The molecule has 6 nitrogen and oxygen atoms in total. The monoisotopic (exact) mass is 331 g/mol. The molecule has 128 valence electrons. The SMILES string of the molecule is CC(C)c1ccc(NC(=O)N2CCC[C@@H](n3ccnn3)C2)cc1F. The van der Waals surface area contributed by atoms with Crippen LogP contribution in [0.15, 0.2) is 30.6 Å². The van der Waals surface area contributed by atoms with Gasteiger partial charge in [0.25, 0.3) is 0 Å². The normalized spacial score (nSPS) is 18.0. The van der Waals surface area contributed by atoms with Crippen LogP contribution in [0.2, 0.25) is 0 Å².